The van der Waals surface area contributed by atoms with Crippen LogP contribution in [0.5, 0.6) is 0 Å². The Labute approximate surface area is 119 Å². The van der Waals surface area contributed by atoms with Gasteiger partial charge in [0.2, 0.25) is 0 Å². The monoisotopic (exact) mass is 314 g/mol. The SMILES string of the molecule is CO.O=C(O)/C(S)=C/c1c(Cl)ccc(Cl)c1Cl. The Bertz CT molecular complexity index is 447. The quantitative estimate of drug-likeness (QED) is 0.444. The normalized spacial score (nSPS) is 10.6. The first-order chi connectivity index (χ1) is 7.93. The van der Waals surface area contributed by atoms with Crippen molar-refractivity contribution in [3.05, 3.63) is 37.7 Å². The number of benzene rings is 1. The molecule has 0 amide bonds. The second kappa shape index (κ2) is 7.84. The molecule has 0 aliphatic rings. The van der Waals surface area contributed by atoms with E-state index >= 15 is 0 Å². The van der Waals surface area contributed by atoms with Crippen molar-refractivity contribution >= 4 is 59.5 Å². The van der Waals surface area contributed by atoms with Crippen LogP contribution >= 0.6 is 47.4 Å². The topological polar surface area (TPSA) is 57.5 Å². The van der Waals surface area contributed by atoms with E-state index in [1.54, 1.807) is 0 Å². The highest BCUT2D eigenvalue weighted by Gasteiger charge is 2.10. The minimum absolute atomic E-state index is 0.166. The van der Waals surface area contributed by atoms with E-state index in [9.17, 15) is 4.79 Å². The van der Waals surface area contributed by atoms with Gasteiger partial charge in [0.15, 0.2) is 0 Å². The highest BCUT2D eigenvalue weighted by molar-refractivity contribution is 7.85. The first-order valence-corrected chi connectivity index (χ1v) is 5.73. The summed E-state index contributed by atoms with van der Waals surface area (Å²) in [7, 11) is 1.00. The van der Waals surface area contributed by atoms with Crippen LogP contribution in [0.3, 0.4) is 0 Å². The Balaban J connectivity index is 0.00000121. The fraction of sp³-hybridized carbons (Fsp3) is 0.100. The lowest BCUT2D eigenvalue weighted by Gasteiger charge is -2.04. The molecule has 0 radical (unpaired) electrons. The molecule has 0 aromatic heterocycles. The summed E-state index contributed by atoms with van der Waals surface area (Å²) in [6.07, 6.45) is 1.25. The van der Waals surface area contributed by atoms with Gasteiger partial charge in [-0.25, -0.2) is 4.79 Å². The minimum atomic E-state index is -1.16. The first kappa shape index (κ1) is 16.6. The molecule has 0 saturated heterocycles. The van der Waals surface area contributed by atoms with Gasteiger partial charge in [-0.2, -0.15) is 0 Å². The second-order valence-corrected chi connectivity index (χ2v) is 4.27. The summed E-state index contributed by atoms with van der Waals surface area (Å²) in [4.78, 5) is 10.4. The van der Waals surface area contributed by atoms with Crippen molar-refractivity contribution in [1.29, 1.82) is 0 Å². The largest absolute Gasteiger partial charge is 0.477 e. The van der Waals surface area contributed by atoms with Crippen molar-refractivity contribution < 1.29 is 15.0 Å². The maximum Gasteiger partial charge on any atom is 0.341 e. The summed E-state index contributed by atoms with van der Waals surface area (Å²) >= 11 is 21.2. The lowest BCUT2D eigenvalue weighted by molar-refractivity contribution is -0.131. The highest BCUT2D eigenvalue weighted by Crippen LogP contribution is 2.33. The van der Waals surface area contributed by atoms with Gasteiger partial charge in [0.05, 0.1) is 15.0 Å². The molecule has 0 unspecified atom stereocenters. The molecule has 2 N–H and O–H groups in total. The van der Waals surface area contributed by atoms with E-state index in [2.05, 4.69) is 12.6 Å². The Morgan fingerprint density at radius 3 is 2.18 bits per heavy atom. The molecule has 94 valence electrons. The molecule has 0 spiro atoms. The van der Waals surface area contributed by atoms with E-state index in [0.29, 0.717) is 15.6 Å². The lowest BCUT2D eigenvalue weighted by Crippen LogP contribution is -1.93. The lowest BCUT2D eigenvalue weighted by atomic mass is 10.2. The van der Waals surface area contributed by atoms with Gasteiger partial charge >= 0.3 is 5.97 Å². The van der Waals surface area contributed by atoms with Crippen LogP contribution in [0.15, 0.2) is 17.0 Å². The van der Waals surface area contributed by atoms with Gasteiger partial charge in [-0.15, -0.1) is 12.6 Å². The Kier molecular flexibility index (Phi) is 7.66. The molecular formula is C10H9Cl3O3S. The van der Waals surface area contributed by atoms with E-state index in [0.717, 1.165) is 7.11 Å². The minimum Gasteiger partial charge on any atom is -0.477 e. The van der Waals surface area contributed by atoms with E-state index < -0.39 is 5.97 Å². The number of thiol groups is 1. The van der Waals surface area contributed by atoms with Crippen molar-refractivity contribution in [3.8, 4) is 0 Å². The maximum absolute atomic E-state index is 10.5. The zero-order chi connectivity index (χ0) is 13.6. The van der Waals surface area contributed by atoms with Crippen LogP contribution in [-0.2, 0) is 4.79 Å². The van der Waals surface area contributed by atoms with Crippen LogP contribution in [0.4, 0.5) is 0 Å². The smallest absolute Gasteiger partial charge is 0.341 e. The van der Waals surface area contributed by atoms with E-state index in [1.807, 2.05) is 0 Å². The van der Waals surface area contributed by atoms with Crippen LogP contribution in [0.25, 0.3) is 6.08 Å². The fourth-order valence-corrected chi connectivity index (χ4v) is 1.65. The van der Waals surface area contributed by atoms with Crippen molar-refractivity contribution in [2.24, 2.45) is 0 Å². The first-order valence-electron chi connectivity index (χ1n) is 4.15. The number of hydrogen-bond acceptors (Lipinski definition) is 3. The number of aliphatic hydroxyl groups is 1. The van der Waals surface area contributed by atoms with Crippen LogP contribution in [0, 0.1) is 0 Å². The number of carboxylic acid groups (broad SMARTS) is 1. The van der Waals surface area contributed by atoms with Gasteiger partial charge in [-0.05, 0) is 18.2 Å². The molecule has 1 aromatic carbocycles. The number of carboxylic acids is 1. The van der Waals surface area contributed by atoms with Crippen molar-refractivity contribution in [3.63, 3.8) is 0 Å². The predicted molar refractivity (Wildman–Crippen MR) is 74.2 cm³/mol. The average Bonchev–Trinajstić information content (AvgIpc) is 2.32. The zero-order valence-electron chi connectivity index (χ0n) is 8.62. The third-order valence-corrected chi connectivity index (χ3v) is 3.05. The molecule has 3 nitrogen and oxygen atoms in total. The summed E-state index contributed by atoms with van der Waals surface area (Å²) in [5, 5.41) is 16.5. The molecule has 0 aliphatic carbocycles. The predicted octanol–water partition coefficient (Wildman–Crippen LogP) is 3.61. The average molecular weight is 316 g/mol. The summed E-state index contributed by atoms with van der Waals surface area (Å²) in [6.45, 7) is 0. The molecule has 0 fully saturated rings. The summed E-state index contributed by atoms with van der Waals surface area (Å²) in [6, 6.07) is 3.06. The number of hydrogen-bond donors (Lipinski definition) is 3. The molecule has 1 rings (SSSR count). The van der Waals surface area contributed by atoms with Crippen LogP contribution in [0.1, 0.15) is 5.56 Å². The fourth-order valence-electron chi connectivity index (χ4n) is 0.874. The molecule has 1 aromatic rings. The van der Waals surface area contributed by atoms with Gasteiger partial charge < -0.3 is 10.2 Å². The number of aliphatic hydroxyl groups excluding tert-OH is 1. The van der Waals surface area contributed by atoms with Gasteiger partial charge in [0.1, 0.15) is 0 Å². The van der Waals surface area contributed by atoms with Crippen molar-refractivity contribution in [2.75, 3.05) is 7.11 Å². The van der Waals surface area contributed by atoms with E-state index in [1.165, 1.54) is 18.2 Å². The Morgan fingerprint density at radius 2 is 1.71 bits per heavy atom. The van der Waals surface area contributed by atoms with Crippen LogP contribution in [0.2, 0.25) is 15.1 Å². The molecule has 7 heteroatoms. The number of halogens is 3. The van der Waals surface area contributed by atoms with Gasteiger partial charge in [-0.3, -0.25) is 0 Å². The molecule has 0 saturated carbocycles. The standard InChI is InChI=1S/C9H5Cl3O2S.CH4O/c10-5-1-2-6(11)8(12)4(5)3-7(15)9(13)14;1-2/h1-3,15H,(H,13,14);2H,1H3/b7-3-;. The van der Waals surface area contributed by atoms with Crippen LogP contribution in [-0.4, -0.2) is 23.3 Å². The highest BCUT2D eigenvalue weighted by atomic mass is 35.5. The van der Waals surface area contributed by atoms with Gasteiger partial charge in [0, 0.05) is 17.7 Å². The molecule has 17 heavy (non-hydrogen) atoms. The summed E-state index contributed by atoms with van der Waals surface area (Å²) < 4.78 is 0. The summed E-state index contributed by atoms with van der Waals surface area (Å²) in [5.41, 5.74) is 0.346. The van der Waals surface area contributed by atoms with Gasteiger partial charge in [-0.1, -0.05) is 34.8 Å². The zero-order valence-corrected chi connectivity index (χ0v) is 11.8. The second-order valence-electron chi connectivity index (χ2n) is 2.59. The summed E-state index contributed by atoms with van der Waals surface area (Å²) in [5.74, 6) is -1.16. The van der Waals surface area contributed by atoms with Gasteiger partial charge in [0.25, 0.3) is 0 Å². The molecule has 0 heterocycles. The molecular weight excluding hydrogens is 307 g/mol. The van der Waals surface area contributed by atoms with E-state index in [4.69, 9.17) is 45.0 Å². The Morgan fingerprint density at radius 1 is 1.24 bits per heavy atom. The van der Waals surface area contributed by atoms with Crippen molar-refractivity contribution in [1.82, 2.24) is 0 Å². The number of carbonyl (C=O) groups is 1. The number of aliphatic carboxylic acids is 1. The van der Waals surface area contributed by atoms with Crippen molar-refractivity contribution in [2.45, 2.75) is 0 Å². The molecule has 0 aliphatic heterocycles. The molecule has 0 bridgehead atoms. The maximum atomic E-state index is 10.5. The third kappa shape index (κ3) is 4.77. The third-order valence-electron chi connectivity index (χ3n) is 1.58. The Hall–Kier alpha value is -0.390. The van der Waals surface area contributed by atoms with Crippen LogP contribution < -0.4 is 0 Å². The number of rotatable bonds is 2. The van der Waals surface area contributed by atoms with E-state index in [-0.39, 0.29) is 9.93 Å². The molecule has 0 atom stereocenters.